The zero-order chi connectivity index (χ0) is 14.5. The van der Waals surface area contributed by atoms with E-state index in [4.69, 9.17) is 10.8 Å². The van der Waals surface area contributed by atoms with E-state index in [2.05, 4.69) is 23.9 Å². The van der Waals surface area contributed by atoms with Crippen LogP contribution < -0.4 is 5.73 Å². The van der Waals surface area contributed by atoms with Gasteiger partial charge in [-0.2, -0.15) is 0 Å². The molecule has 0 amide bonds. The standard InChI is InChI=1S/C14H29N3O2/c1-14(15,13(18)19)8-4-5-9-17(3)12-6-10-16(2)11-7-12/h12H,4-11,15H2,1-3H3,(H,18,19). The van der Waals surface area contributed by atoms with E-state index in [1.807, 2.05) is 0 Å². The van der Waals surface area contributed by atoms with E-state index < -0.39 is 11.5 Å². The molecule has 0 bridgehead atoms. The Morgan fingerprint density at radius 3 is 2.53 bits per heavy atom. The van der Waals surface area contributed by atoms with Gasteiger partial charge in [-0.05, 0) is 72.8 Å². The first-order chi connectivity index (χ1) is 8.83. The van der Waals surface area contributed by atoms with Crippen LogP contribution in [0.5, 0.6) is 0 Å². The number of unbranched alkanes of at least 4 members (excludes halogenated alkanes) is 1. The quantitative estimate of drug-likeness (QED) is 0.676. The number of nitrogens with two attached hydrogens (primary N) is 1. The molecule has 0 aromatic carbocycles. The molecule has 0 saturated carbocycles. The minimum absolute atomic E-state index is 0.545. The maximum Gasteiger partial charge on any atom is 0.323 e. The van der Waals surface area contributed by atoms with Crippen molar-refractivity contribution in [1.82, 2.24) is 9.80 Å². The Morgan fingerprint density at radius 2 is 2.00 bits per heavy atom. The van der Waals surface area contributed by atoms with Gasteiger partial charge in [-0.1, -0.05) is 0 Å². The van der Waals surface area contributed by atoms with Crippen LogP contribution in [0.4, 0.5) is 0 Å². The van der Waals surface area contributed by atoms with Crippen LogP contribution in [0.3, 0.4) is 0 Å². The Morgan fingerprint density at radius 1 is 1.42 bits per heavy atom. The third-order valence-electron chi connectivity index (χ3n) is 4.26. The Labute approximate surface area is 116 Å². The minimum Gasteiger partial charge on any atom is -0.480 e. The van der Waals surface area contributed by atoms with Gasteiger partial charge in [0.05, 0.1) is 0 Å². The molecule has 0 aromatic rings. The molecule has 0 aromatic heterocycles. The van der Waals surface area contributed by atoms with Gasteiger partial charge < -0.3 is 20.6 Å². The van der Waals surface area contributed by atoms with Crippen LogP contribution in [-0.4, -0.2) is 66.2 Å². The molecule has 112 valence electrons. The number of nitrogens with zero attached hydrogens (tertiary/aromatic N) is 2. The Hall–Kier alpha value is -0.650. The molecule has 1 aliphatic heterocycles. The maximum atomic E-state index is 10.9. The molecular weight excluding hydrogens is 242 g/mol. The molecule has 1 saturated heterocycles. The van der Waals surface area contributed by atoms with Crippen LogP contribution in [0, 0.1) is 0 Å². The summed E-state index contributed by atoms with van der Waals surface area (Å²) in [6.45, 7) is 4.98. The molecule has 5 heteroatoms. The predicted molar refractivity (Wildman–Crippen MR) is 77.2 cm³/mol. The molecule has 1 fully saturated rings. The Balaban J connectivity index is 2.17. The van der Waals surface area contributed by atoms with Crippen molar-refractivity contribution in [2.24, 2.45) is 5.73 Å². The first-order valence-electron chi connectivity index (χ1n) is 7.24. The van der Waals surface area contributed by atoms with Gasteiger partial charge in [-0.3, -0.25) is 4.79 Å². The molecule has 3 N–H and O–H groups in total. The third kappa shape index (κ3) is 5.47. The highest BCUT2D eigenvalue weighted by molar-refractivity contribution is 5.77. The number of hydrogen-bond acceptors (Lipinski definition) is 4. The SMILES string of the molecule is CN1CCC(N(C)CCCCC(C)(N)C(=O)O)CC1. The molecule has 1 atom stereocenters. The van der Waals surface area contributed by atoms with Crippen LogP contribution in [0.25, 0.3) is 0 Å². The van der Waals surface area contributed by atoms with E-state index in [1.165, 1.54) is 25.9 Å². The first-order valence-corrected chi connectivity index (χ1v) is 7.24. The fourth-order valence-corrected chi connectivity index (χ4v) is 2.58. The van der Waals surface area contributed by atoms with Crippen molar-refractivity contribution >= 4 is 5.97 Å². The second kappa shape index (κ2) is 7.22. The number of piperidine rings is 1. The molecule has 5 nitrogen and oxygen atoms in total. The summed E-state index contributed by atoms with van der Waals surface area (Å²) in [5.74, 6) is -0.906. The average molecular weight is 271 g/mol. The van der Waals surface area contributed by atoms with Crippen LogP contribution in [0.2, 0.25) is 0 Å². The smallest absolute Gasteiger partial charge is 0.323 e. The average Bonchev–Trinajstić information content (AvgIpc) is 2.35. The molecule has 0 aliphatic carbocycles. The van der Waals surface area contributed by atoms with Gasteiger partial charge in [0.15, 0.2) is 0 Å². The van der Waals surface area contributed by atoms with E-state index in [0.717, 1.165) is 19.4 Å². The summed E-state index contributed by atoms with van der Waals surface area (Å²) in [7, 11) is 4.35. The number of rotatable bonds is 7. The Bertz CT molecular complexity index is 286. The largest absolute Gasteiger partial charge is 0.480 e. The first kappa shape index (κ1) is 16.4. The van der Waals surface area contributed by atoms with Crippen molar-refractivity contribution in [2.75, 3.05) is 33.7 Å². The summed E-state index contributed by atoms with van der Waals surface area (Å²) in [6, 6.07) is 0.680. The number of aliphatic carboxylic acids is 1. The van der Waals surface area contributed by atoms with Gasteiger partial charge >= 0.3 is 5.97 Å². The van der Waals surface area contributed by atoms with Crippen molar-refractivity contribution in [3.8, 4) is 0 Å². The van der Waals surface area contributed by atoms with Crippen molar-refractivity contribution < 1.29 is 9.90 Å². The van der Waals surface area contributed by atoms with Crippen LogP contribution in [0.1, 0.15) is 39.0 Å². The van der Waals surface area contributed by atoms with E-state index in [1.54, 1.807) is 6.92 Å². The molecule has 0 spiro atoms. The summed E-state index contributed by atoms with van der Waals surface area (Å²) in [6.07, 6.45) is 4.90. The minimum atomic E-state index is -1.08. The number of carbonyl (C=O) groups is 1. The van der Waals surface area contributed by atoms with Crippen molar-refractivity contribution in [1.29, 1.82) is 0 Å². The second-order valence-electron chi connectivity index (χ2n) is 6.19. The number of likely N-dealkylation sites (tertiary alicyclic amines) is 1. The van der Waals surface area contributed by atoms with Crippen molar-refractivity contribution in [2.45, 2.75) is 50.6 Å². The zero-order valence-corrected chi connectivity index (χ0v) is 12.6. The Kier molecular flexibility index (Phi) is 6.23. The summed E-state index contributed by atoms with van der Waals surface area (Å²) in [4.78, 5) is 15.7. The summed E-state index contributed by atoms with van der Waals surface area (Å²) in [5, 5.41) is 8.94. The van der Waals surface area contributed by atoms with Gasteiger partial charge in [0, 0.05) is 6.04 Å². The summed E-state index contributed by atoms with van der Waals surface area (Å²) in [5.41, 5.74) is 4.64. The lowest BCUT2D eigenvalue weighted by molar-refractivity contribution is -0.142. The number of carboxylic acids is 1. The lowest BCUT2D eigenvalue weighted by atomic mass is 9.96. The molecule has 1 heterocycles. The fraction of sp³-hybridized carbons (Fsp3) is 0.929. The predicted octanol–water partition coefficient (Wildman–Crippen LogP) is 0.985. The zero-order valence-electron chi connectivity index (χ0n) is 12.6. The highest BCUT2D eigenvalue weighted by atomic mass is 16.4. The van der Waals surface area contributed by atoms with Gasteiger partial charge in [0.2, 0.25) is 0 Å². The molecule has 1 rings (SSSR count). The molecular formula is C14H29N3O2. The van der Waals surface area contributed by atoms with Crippen molar-refractivity contribution in [3.05, 3.63) is 0 Å². The van der Waals surface area contributed by atoms with E-state index in [-0.39, 0.29) is 0 Å². The van der Waals surface area contributed by atoms with Gasteiger partial charge in [-0.25, -0.2) is 0 Å². The monoisotopic (exact) mass is 271 g/mol. The molecule has 0 radical (unpaired) electrons. The number of carboxylic acid groups (broad SMARTS) is 1. The summed E-state index contributed by atoms with van der Waals surface area (Å²) < 4.78 is 0. The lowest BCUT2D eigenvalue weighted by Gasteiger charge is -2.35. The van der Waals surface area contributed by atoms with Crippen LogP contribution >= 0.6 is 0 Å². The summed E-state index contributed by atoms with van der Waals surface area (Å²) >= 11 is 0. The fourth-order valence-electron chi connectivity index (χ4n) is 2.58. The molecule has 19 heavy (non-hydrogen) atoms. The highest BCUT2D eigenvalue weighted by Gasteiger charge is 2.27. The number of hydrogen-bond donors (Lipinski definition) is 2. The third-order valence-corrected chi connectivity index (χ3v) is 4.26. The van der Waals surface area contributed by atoms with Gasteiger partial charge in [0.25, 0.3) is 0 Å². The normalized spacial score (nSPS) is 21.5. The lowest BCUT2D eigenvalue weighted by Crippen LogP contribution is -2.45. The highest BCUT2D eigenvalue weighted by Crippen LogP contribution is 2.16. The van der Waals surface area contributed by atoms with E-state index in [9.17, 15) is 4.79 Å². The molecule has 1 aliphatic rings. The van der Waals surface area contributed by atoms with Gasteiger partial charge in [0.1, 0.15) is 5.54 Å². The van der Waals surface area contributed by atoms with Gasteiger partial charge in [-0.15, -0.1) is 0 Å². The van der Waals surface area contributed by atoms with Crippen LogP contribution in [0.15, 0.2) is 0 Å². The molecule has 1 unspecified atom stereocenters. The van der Waals surface area contributed by atoms with Crippen LogP contribution in [-0.2, 0) is 4.79 Å². The topological polar surface area (TPSA) is 69.8 Å². The van der Waals surface area contributed by atoms with E-state index >= 15 is 0 Å². The van der Waals surface area contributed by atoms with Crippen molar-refractivity contribution in [3.63, 3.8) is 0 Å². The van der Waals surface area contributed by atoms with E-state index in [0.29, 0.717) is 12.5 Å². The maximum absolute atomic E-state index is 10.9. The second-order valence-corrected chi connectivity index (χ2v) is 6.19.